The van der Waals surface area contributed by atoms with E-state index in [1.807, 2.05) is 0 Å². The SMILES string of the molecule is CCOC(=O)C(=O)C(C(C)C)N(C(=O)[C@@H]1CCCN1)C(=O)[C@@H](N)C(C)C.Cl. The molecule has 0 saturated carbocycles. The number of ketones is 1. The van der Waals surface area contributed by atoms with Crippen molar-refractivity contribution in [1.29, 1.82) is 0 Å². The maximum Gasteiger partial charge on any atom is 0.376 e. The zero-order chi connectivity index (χ0) is 20.0. The Labute approximate surface area is 166 Å². The van der Waals surface area contributed by atoms with Gasteiger partial charge in [0, 0.05) is 0 Å². The summed E-state index contributed by atoms with van der Waals surface area (Å²) in [5.74, 6) is -3.79. The van der Waals surface area contributed by atoms with Gasteiger partial charge in [0.05, 0.1) is 18.7 Å². The molecule has 1 rings (SSSR count). The topological polar surface area (TPSA) is 119 Å². The fourth-order valence-corrected chi connectivity index (χ4v) is 2.93. The van der Waals surface area contributed by atoms with E-state index in [1.165, 1.54) is 0 Å². The number of carbonyl (C=O) groups is 4. The molecule has 27 heavy (non-hydrogen) atoms. The lowest BCUT2D eigenvalue weighted by Crippen LogP contribution is -2.61. The predicted molar refractivity (Wildman–Crippen MR) is 103 cm³/mol. The summed E-state index contributed by atoms with van der Waals surface area (Å²) < 4.78 is 4.79. The second kappa shape index (κ2) is 11.4. The summed E-state index contributed by atoms with van der Waals surface area (Å²) in [4.78, 5) is 51.5. The predicted octanol–water partition coefficient (Wildman–Crippen LogP) is 0.656. The summed E-state index contributed by atoms with van der Waals surface area (Å²) in [5, 5.41) is 3.04. The number of halogens is 1. The number of carbonyl (C=O) groups excluding carboxylic acids is 4. The van der Waals surface area contributed by atoms with Crippen LogP contribution in [-0.4, -0.2) is 59.7 Å². The molecule has 0 aromatic carbocycles. The van der Waals surface area contributed by atoms with Crippen LogP contribution < -0.4 is 11.1 Å². The number of hydrogen-bond acceptors (Lipinski definition) is 7. The molecule has 2 amide bonds. The number of ether oxygens (including phenoxy) is 1. The molecule has 3 atom stereocenters. The summed E-state index contributed by atoms with van der Waals surface area (Å²) in [5.41, 5.74) is 5.98. The molecule has 9 heteroatoms. The van der Waals surface area contributed by atoms with Gasteiger partial charge < -0.3 is 15.8 Å². The highest BCUT2D eigenvalue weighted by atomic mass is 35.5. The minimum absolute atomic E-state index is 0. The van der Waals surface area contributed by atoms with Gasteiger partial charge in [-0.1, -0.05) is 27.7 Å². The standard InChI is InChI=1S/C18H31N3O5.ClH/c1-6-26-18(25)15(22)14(11(4)5)21(17(24)13(19)10(2)3)16(23)12-8-7-9-20-12;/h10-14,20H,6-9,19H2,1-5H3;1H/t12-,13-,14?;/m0./s1. The Hall–Kier alpha value is -1.51. The molecule has 1 saturated heterocycles. The first-order chi connectivity index (χ1) is 12.1. The smallest absolute Gasteiger partial charge is 0.376 e. The summed E-state index contributed by atoms with van der Waals surface area (Å²) >= 11 is 0. The van der Waals surface area contributed by atoms with Crippen LogP contribution in [0.2, 0.25) is 0 Å². The van der Waals surface area contributed by atoms with Crippen molar-refractivity contribution in [3.05, 3.63) is 0 Å². The Morgan fingerprint density at radius 3 is 2.15 bits per heavy atom. The molecule has 1 fully saturated rings. The minimum Gasteiger partial charge on any atom is -0.460 e. The Balaban J connectivity index is 0.00000676. The third-order valence-electron chi connectivity index (χ3n) is 4.49. The van der Waals surface area contributed by atoms with Crippen molar-refractivity contribution in [3.63, 3.8) is 0 Å². The number of hydrogen-bond donors (Lipinski definition) is 2. The first-order valence-corrected chi connectivity index (χ1v) is 9.20. The maximum absolute atomic E-state index is 13.0. The van der Waals surface area contributed by atoms with Gasteiger partial charge in [-0.3, -0.25) is 19.3 Å². The van der Waals surface area contributed by atoms with E-state index in [-0.39, 0.29) is 24.9 Å². The number of esters is 1. The lowest BCUT2D eigenvalue weighted by atomic mass is 9.94. The summed E-state index contributed by atoms with van der Waals surface area (Å²) in [6, 6.07) is -2.74. The Morgan fingerprint density at radius 1 is 1.15 bits per heavy atom. The van der Waals surface area contributed by atoms with Crippen LogP contribution >= 0.6 is 12.4 Å². The average molecular weight is 406 g/mol. The molecule has 1 aliphatic heterocycles. The second-order valence-corrected chi connectivity index (χ2v) is 7.24. The lowest BCUT2D eigenvalue weighted by molar-refractivity contribution is -0.162. The minimum atomic E-state index is -1.23. The second-order valence-electron chi connectivity index (χ2n) is 7.24. The highest BCUT2D eigenvalue weighted by Gasteiger charge is 2.44. The lowest BCUT2D eigenvalue weighted by Gasteiger charge is -2.35. The molecule has 1 heterocycles. The molecule has 3 N–H and O–H groups in total. The number of imide groups is 1. The fourth-order valence-electron chi connectivity index (χ4n) is 2.93. The highest BCUT2D eigenvalue weighted by molar-refractivity contribution is 6.36. The van der Waals surface area contributed by atoms with Crippen LogP contribution in [0.1, 0.15) is 47.5 Å². The number of Topliss-reactive ketones (excluding diaryl/α,β-unsaturated/α-hetero) is 1. The van der Waals surface area contributed by atoms with Gasteiger partial charge in [0.2, 0.25) is 11.8 Å². The van der Waals surface area contributed by atoms with Gasteiger partial charge in [-0.2, -0.15) is 0 Å². The summed E-state index contributed by atoms with van der Waals surface area (Å²) in [6.45, 7) is 9.16. The Bertz CT molecular complexity index is 533. The molecular weight excluding hydrogens is 374 g/mol. The molecule has 0 radical (unpaired) electrons. The van der Waals surface area contributed by atoms with Crippen molar-refractivity contribution in [2.45, 2.75) is 65.6 Å². The van der Waals surface area contributed by atoms with Crippen molar-refractivity contribution in [2.75, 3.05) is 13.2 Å². The van der Waals surface area contributed by atoms with Crippen LogP contribution in [0.3, 0.4) is 0 Å². The van der Waals surface area contributed by atoms with E-state index in [0.29, 0.717) is 13.0 Å². The summed E-state index contributed by atoms with van der Waals surface area (Å²) in [7, 11) is 0. The monoisotopic (exact) mass is 405 g/mol. The fraction of sp³-hybridized carbons (Fsp3) is 0.778. The Morgan fingerprint density at radius 2 is 1.74 bits per heavy atom. The molecule has 0 spiro atoms. The largest absolute Gasteiger partial charge is 0.460 e. The third kappa shape index (κ3) is 6.26. The molecule has 0 bridgehead atoms. The zero-order valence-corrected chi connectivity index (χ0v) is 17.5. The highest BCUT2D eigenvalue weighted by Crippen LogP contribution is 2.20. The van der Waals surface area contributed by atoms with E-state index >= 15 is 0 Å². The number of rotatable bonds is 8. The first kappa shape index (κ1) is 25.5. The van der Waals surface area contributed by atoms with Gasteiger partial charge in [-0.25, -0.2) is 4.79 Å². The van der Waals surface area contributed by atoms with Crippen molar-refractivity contribution in [2.24, 2.45) is 17.6 Å². The van der Waals surface area contributed by atoms with Crippen LogP contribution in [-0.2, 0) is 23.9 Å². The van der Waals surface area contributed by atoms with Crippen molar-refractivity contribution in [3.8, 4) is 0 Å². The molecule has 8 nitrogen and oxygen atoms in total. The number of nitrogens with one attached hydrogen (secondary N) is 1. The summed E-state index contributed by atoms with van der Waals surface area (Å²) in [6.07, 6.45) is 1.37. The van der Waals surface area contributed by atoms with Gasteiger partial charge in [-0.05, 0) is 38.1 Å². The normalized spacial score (nSPS) is 18.6. The third-order valence-corrected chi connectivity index (χ3v) is 4.49. The molecule has 1 unspecified atom stereocenters. The van der Waals surface area contributed by atoms with E-state index in [2.05, 4.69) is 5.32 Å². The van der Waals surface area contributed by atoms with Crippen LogP contribution in [0.15, 0.2) is 0 Å². The van der Waals surface area contributed by atoms with E-state index in [1.54, 1.807) is 34.6 Å². The van der Waals surface area contributed by atoms with Crippen LogP contribution in [0, 0.1) is 11.8 Å². The number of amides is 2. The van der Waals surface area contributed by atoms with Crippen molar-refractivity contribution < 1.29 is 23.9 Å². The van der Waals surface area contributed by atoms with Crippen LogP contribution in [0.5, 0.6) is 0 Å². The molecule has 1 aliphatic rings. The van der Waals surface area contributed by atoms with Gasteiger partial charge in [-0.15, -0.1) is 12.4 Å². The number of nitrogens with two attached hydrogens (primary N) is 1. The molecule has 0 aromatic heterocycles. The van der Waals surface area contributed by atoms with Gasteiger partial charge >= 0.3 is 5.97 Å². The van der Waals surface area contributed by atoms with Crippen molar-refractivity contribution in [1.82, 2.24) is 10.2 Å². The quantitative estimate of drug-likeness (QED) is 0.449. The van der Waals surface area contributed by atoms with Crippen LogP contribution in [0.4, 0.5) is 0 Å². The van der Waals surface area contributed by atoms with E-state index in [9.17, 15) is 19.2 Å². The van der Waals surface area contributed by atoms with Gasteiger partial charge in [0.25, 0.3) is 5.78 Å². The number of nitrogens with zero attached hydrogens (tertiary/aromatic N) is 1. The molecular formula is C18H32ClN3O5. The molecule has 156 valence electrons. The van der Waals surface area contributed by atoms with E-state index in [4.69, 9.17) is 10.5 Å². The van der Waals surface area contributed by atoms with Crippen molar-refractivity contribution >= 4 is 36.0 Å². The van der Waals surface area contributed by atoms with E-state index in [0.717, 1.165) is 11.3 Å². The van der Waals surface area contributed by atoms with Crippen LogP contribution in [0.25, 0.3) is 0 Å². The zero-order valence-electron chi connectivity index (χ0n) is 16.7. The van der Waals surface area contributed by atoms with Gasteiger partial charge in [0.15, 0.2) is 0 Å². The maximum atomic E-state index is 13.0. The average Bonchev–Trinajstić information content (AvgIpc) is 3.11. The van der Waals surface area contributed by atoms with Gasteiger partial charge in [0.1, 0.15) is 6.04 Å². The Kier molecular flexibility index (Phi) is 10.7. The first-order valence-electron chi connectivity index (χ1n) is 9.20. The molecule has 0 aliphatic carbocycles. The van der Waals surface area contributed by atoms with E-state index < -0.39 is 47.6 Å². The molecule has 0 aromatic rings.